The highest BCUT2D eigenvalue weighted by Gasteiger charge is 2.41. The highest BCUT2D eigenvalue weighted by molar-refractivity contribution is 8.18. The molecule has 2 aromatic heterocycles. The molecular formula is C18H15F3N4O2S. The predicted molar refractivity (Wildman–Crippen MR) is 98.5 cm³/mol. The number of carbonyl (C=O) groups is 2. The van der Waals surface area contributed by atoms with Crippen molar-refractivity contribution in [2.45, 2.75) is 25.4 Å². The molecule has 0 spiro atoms. The van der Waals surface area contributed by atoms with Crippen molar-refractivity contribution in [3.05, 3.63) is 29.1 Å². The lowest BCUT2D eigenvalue weighted by Crippen LogP contribution is -2.39. The normalized spacial score (nSPS) is 20.5. The zero-order chi connectivity index (χ0) is 19.9. The van der Waals surface area contributed by atoms with Crippen LogP contribution in [-0.4, -0.2) is 45.1 Å². The van der Waals surface area contributed by atoms with E-state index in [2.05, 4.69) is 15.0 Å². The second kappa shape index (κ2) is 7.16. The molecule has 146 valence electrons. The maximum Gasteiger partial charge on any atom is 0.391 e. The number of nitrogens with zero attached hydrogens (tertiary/aromatic N) is 4. The molecule has 4 rings (SSSR count). The maximum atomic E-state index is 12.9. The largest absolute Gasteiger partial charge is 0.391 e. The van der Waals surface area contributed by atoms with Crippen molar-refractivity contribution >= 4 is 45.6 Å². The number of Topliss-reactive ketones (excluding diaryl/α,β-unsaturated/α-hetero) is 1. The molecule has 0 saturated carbocycles. The van der Waals surface area contributed by atoms with E-state index in [9.17, 15) is 22.8 Å². The number of anilines is 1. The Bertz CT molecular complexity index is 984. The summed E-state index contributed by atoms with van der Waals surface area (Å²) in [7, 11) is 0. The van der Waals surface area contributed by atoms with Crippen molar-refractivity contribution in [2.75, 3.05) is 18.0 Å². The van der Waals surface area contributed by atoms with E-state index in [-0.39, 0.29) is 43.3 Å². The van der Waals surface area contributed by atoms with Gasteiger partial charge in [-0.1, -0.05) is 0 Å². The van der Waals surface area contributed by atoms with Gasteiger partial charge < -0.3 is 4.90 Å². The Morgan fingerprint density at radius 2 is 1.89 bits per heavy atom. The van der Waals surface area contributed by atoms with Crippen molar-refractivity contribution in [3.63, 3.8) is 0 Å². The topological polar surface area (TPSA) is 76.1 Å². The summed E-state index contributed by atoms with van der Waals surface area (Å²) < 4.78 is 38.7. The Morgan fingerprint density at radius 3 is 2.54 bits per heavy atom. The average molecular weight is 408 g/mol. The Morgan fingerprint density at radius 1 is 1.14 bits per heavy atom. The first-order chi connectivity index (χ1) is 13.3. The van der Waals surface area contributed by atoms with Crippen LogP contribution in [0.5, 0.6) is 0 Å². The van der Waals surface area contributed by atoms with Crippen LogP contribution in [-0.2, 0) is 9.59 Å². The number of carbonyl (C=O) groups excluding carboxylic acids is 2. The molecule has 28 heavy (non-hydrogen) atoms. The first kappa shape index (κ1) is 18.9. The fraction of sp³-hybridized carbons (Fsp3) is 0.389. The molecule has 4 heterocycles. The van der Waals surface area contributed by atoms with Crippen LogP contribution in [0.2, 0.25) is 0 Å². The quantitative estimate of drug-likeness (QED) is 0.557. The summed E-state index contributed by atoms with van der Waals surface area (Å²) in [4.78, 5) is 38.2. The standard InChI is InChI=1S/C18H15F3N4O2S/c19-18(20,21)10-3-5-25(6-4-10)17-16-12(22-9-23-17)2-1-11(24-16)7-14-13(26)8-15(27)28-14/h1-2,7,9-10H,3-6,8H2/b14-7-. The summed E-state index contributed by atoms with van der Waals surface area (Å²) in [5, 5.41) is -0.200. The van der Waals surface area contributed by atoms with Crippen LogP contribution >= 0.6 is 11.8 Å². The van der Waals surface area contributed by atoms with E-state index in [4.69, 9.17) is 0 Å². The van der Waals surface area contributed by atoms with E-state index in [0.717, 1.165) is 11.8 Å². The van der Waals surface area contributed by atoms with Gasteiger partial charge in [0.25, 0.3) is 0 Å². The van der Waals surface area contributed by atoms with Gasteiger partial charge in [-0.3, -0.25) is 9.59 Å². The molecule has 0 aliphatic carbocycles. The summed E-state index contributed by atoms with van der Waals surface area (Å²) in [5.74, 6) is -1.06. The van der Waals surface area contributed by atoms with Crippen molar-refractivity contribution < 1.29 is 22.8 Å². The molecule has 2 aromatic rings. The second-order valence-corrected chi connectivity index (χ2v) is 7.79. The van der Waals surface area contributed by atoms with E-state index in [1.54, 1.807) is 23.1 Å². The van der Waals surface area contributed by atoms with Crippen LogP contribution in [0.1, 0.15) is 25.0 Å². The first-order valence-corrected chi connectivity index (χ1v) is 9.52. The minimum Gasteiger partial charge on any atom is -0.355 e. The molecule has 0 bridgehead atoms. The van der Waals surface area contributed by atoms with Crippen LogP contribution in [0.3, 0.4) is 0 Å². The third-order valence-electron chi connectivity index (χ3n) is 4.82. The molecule has 0 amide bonds. The van der Waals surface area contributed by atoms with E-state index < -0.39 is 12.1 Å². The van der Waals surface area contributed by atoms with Gasteiger partial charge in [-0.05, 0) is 42.8 Å². The molecule has 0 aromatic carbocycles. The SMILES string of the molecule is O=C1CC(=O)/C(=C/c2ccc3ncnc(N4CCC(C(F)(F)F)CC4)c3n2)S1. The number of allylic oxidation sites excluding steroid dienone is 1. The van der Waals surface area contributed by atoms with Crippen LogP contribution in [0.15, 0.2) is 23.4 Å². The van der Waals surface area contributed by atoms with Crippen LogP contribution in [0.4, 0.5) is 19.0 Å². The smallest absolute Gasteiger partial charge is 0.355 e. The highest BCUT2D eigenvalue weighted by Crippen LogP contribution is 2.36. The molecule has 0 radical (unpaired) electrons. The number of hydrogen-bond acceptors (Lipinski definition) is 7. The Hall–Kier alpha value is -2.49. The number of aromatic nitrogens is 3. The van der Waals surface area contributed by atoms with Crippen LogP contribution in [0.25, 0.3) is 17.1 Å². The van der Waals surface area contributed by atoms with Gasteiger partial charge in [0.15, 0.2) is 11.6 Å². The number of alkyl halides is 3. The molecule has 6 nitrogen and oxygen atoms in total. The zero-order valence-electron chi connectivity index (χ0n) is 14.6. The van der Waals surface area contributed by atoms with Gasteiger partial charge in [-0.15, -0.1) is 0 Å². The molecule has 2 saturated heterocycles. The van der Waals surface area contributed by atoms with E-state index in [1.807, 2.05) is 0 Å². The fourth-order valence-electron chi connectivity index (χ4n) is 3.35. The van der Waals surface area contributed by atoms with Gasteiger partial charge in [0, 0.05) is 13.1 Å². The number of halogens is 3. The minimum atomic E-state index is -4.18. The third-order valence-corrected chi connectivity index (χ3v) is 5.76. The molecular weight excluding hydrogens is 393 g/mol. The summed E-state index contributed by atoms with van der Waals surface area (Å²) in [6.45, 7) is 0.457. The molecule has 0 atom stereocenters. The number of rotatable bonds is 2. The Labute approximate surface area is 162 Å². The van der Waals surface area contributed by atoms with Crippen LogP contribution < -0.4 is 4.90 Å². The van der Waals surface area contributed by atoms with Crippen molar-refractivity contribution in [1.29, 1.82) is 0 Å². The van der Waals surface area contributed by atoms with Gasteiger partial charge in [0.1, 0.15) is 11.8 Å². The lowest BCUT2D eigenvalue weighted by molar-refractivity contribution is -0.179. The van der Waals surface area contributed by atoms with Gasteiger partial charge in [0.2, 0.25) is 5.12 Å². The molecule has 2 aliphatic rings. The van der Waals surface area contributed by atoms with E-state index >= 15 is 0 Å². The summed E-state index contributed by atoms with van der Waals surface area (Å²) in [6, 6.07) is 3.40. The van der Waals surface area contributed by atoms with Crippen LogP contribution in [0, 0.1) is 5.92 Å². The first-order valence-electron chi connectivity index (χ1n) is 8.70. The van der Waals surface area contributed by atoms with Crippen molar-refractivity contribution in [1.82, 2.24) is 15.0 Å². The van der Waals surface area contributed by atoms with Gasteiger partial charge in [-0.2, -0.15) is 13.2 Å². The lowest BCUT2D eigenvalue weighted by Gasteiger charge is -2.33. The number of ketones is 1. The maximum absolute atomic E-state index is 12.9. The average Bonchev–Trinajstić information content (AvgIpc) is 2.97. The predicted octanol–water partition coefficient (Wildman–Crippen LogP) is 3.38. The van der Waals surface area contributed by atoms with Gasteiger partial charge in [0.05, 0.1) is 28.5 Å². The van der Waals surface area contributed by atoms with Crippen molar-refractivity contribution in [3.8, 4) is 0 Å². The number of thioether (sulfide) groups is 1. The van der Waals surface area contributed by atoms with E-state index in [1.165, 1.54) is 6.33 Å². The molecule has 2 fully saturated rings. The number of piperidine rings is 1. The lowest BCUT2D eigenvalue weighted by atomic mass is 9.96. The number of pyridine rings is 1. The zero-order valence-corrected chi connectivity index (χ0v) is 15.4. The fourth-order valence-corrected chi connectivity index (χ4v) is 4.17. The highest BCUT2D eigenvalue weighted by atomic mass is 32.2. The summed E-state index contributed by atoms with van der Waals surface area (Å²) in [6.07, 6.45) is -1.38. The minimum absolute atomic E-state index is 0.00594. The second-order valence-electron chi connectivity index (χ2n) is 6.69. The summed E-state index contributed by atoms with van der Waals surface area (Å²) in [5.41, 5.74) is 1.50. The molecule has 0 N–H and O–H groups in total. The molecule has 2 aliphatic heterocycles. The third kappa shape index (κ3) is 3.73. The molecule has 0 unspecified atom stereocenters. The van der Waals surface area contributed by atoms with Gasteiger partial charge in [-0.25, -0.2) is 15.0 Å². The summed E-state index contributed by atoms with van der Waals surface area (Å²) >= 11 is 0.893. The molecule has 10 heteroatoms. The Balaban J connectivity index is 1.64. The number of fused-ring (bicyclic) bond motifs is 1. The number of hydrogen-bond donors (Lipinski definition) is 0. The van der Waals surface area contributed by atoms with Crippen molar-refractivity contribution in [2.24, 2.45) is 5.92 Å². The monoisotopic (exact) mass is 408 g/mol. The van der Waals surface area contributed by atoms with Gasteiger partial charge >= 0.3 is 6.18 Å². The van der Waals surface area contributed by atoms with E-state index in [0.29, 0.717) is 27.5 Å². The Kier molecular flexibility index (Phi) is 4.82.